The lowest BCUT2D eigenvalue weighted by molar-refractivity contribution is -0.121. The van der Waals surface area contributed by atoms with Gasteiger partial charge in [-0.3, -0.25) is 4.79 Å². The van der Waals surface area contributed by atoms with Crippen molar-refractivity contribution in [2.45, 2.75) is 37.6 Å². The number of benzene rings is 2. The molecule has 1 fully saturated rings. The number of carbonyl (C=O) groups excluding carboxylic acids is 1. The molecule has 0 N–H and O–H groups in total. The molecule has 1 aromatic heterocycles. The lowest BCUT2D eigenvalue weighted by Gasteiger charge is -2.21. The number of thiazole rings is 1. The van der Waals surface area contributed by atoms with Crippen LogP contribution in [0, 0.1) is 13.8 Å². The van der Waals surface area contributed by atoms with E-state index in [0.29, 0.717) is 24.2 Å². The van der Waals surface area contributed by atoms with Crippen LogP contribution in [0.3, 0.4) is 0 Å². The van der Waals surface area contributed by atoms with Crippen LogP contribution in [-0.2, 0) is 21.9 Å². The van der Waals surface area contributed by atoms with E-state index in [0.717, 1.165) is 21.3 Å². The molecule has 0 aliphatic carbocycles. The molecule has 1 saturated heterocycles. The van der Waals surface area contributed by atoms with Crippen LogP contribution in [0.15, 0.2) is 52.4 Å². The summed E-state index contributed by atoms with van der Waals surface area (Å²) in [6.07, 6.45) is 1.13. The Morgan fingerprint density at radius 3 is 2.52 bits per heavy atom. The van der Waals surface area contributed by atoms with Crippen molar-refractivity contribution in [2.24, 2.45) is 12.0 Å². The van der Waals surface area contributed by atoms with Gasteiger partial charge in [0.05, 0.1) is 15.1 Å². The quantitative estimate of drug-likeness (QED) is 0.642. The molecule has 8 heteroatoms. The molecule has 4 rings (SSSR count). The highest BCUT2D eigenvalue weighted by Gasteiger charge is 2.39. The Morgan fingerprint density at radius 1 is 1.10 bits per heavy atom. The summed E-state index contributed by atoms with van der Waals surface area (Å²) in [5.41, 5.74) is 3.13. The summed E-state index contributed by atoms with van der Waals surface area (Å²) in [5, 5.41) is 0. The first-order chi connectivity index (χ1) is 13.8. The lowest BCUT2D eigenvalue weighted by atomic mass is 10.2. The number of hydrogen-bond acceptors (Lipinski definition) is 4. The zero-order chi connectivity index (χ0) is 20.8. The minimum Gasteiger partial charge on any atom is -0.319 e. The van der Waals surface area contributed by atoms with Crippen LogP contribution in [0.1, 0.15) is 24.0 Å². The highest BCUT2D eigenvalue weighted by molar-refractivity contribution is 7.89. The van der Waals surface area contributed by atoms with Crippen molar-refractivity contribution < 1.29 is 13.2 Å². The highest BCUT2D eigenvalue weighted by atomic mass is 32.2. The van der Waals surface area contributed by atoms with Crippen molar-refractivity contribution in [3.63, 3.8) is 0 Å². The molecule has 0 spiro atoms. The molecule has 3 aromatic rings. The maximum absolute atomic E-state index is 13.1. The van der Waals surface area contributed by atoms with Crippen LogP contribution in [0.25, 0.3) is 10.2 Å². The number of carbonyl (C=O) groups is 1. The van der Waals surface area contributed by atoms with E-state index in [4.69, 9.17) is 0 Å². The van der Waals surface area contributed by atoms with Crippen LogP contribution < -0.4 is 4.80 Å². The average Bonchev–Trinajstić information content (AvgIpc) is 3.28. The minimum atomic E-state index is -3.73. The summed E-state index contributed by atoms with van der Waals surface area (Å²) in [6.45, 7) is 4.26. The molecule has 2 heterocycles. The van der Waals surface area contributed by atoms with E-state index in [9.17, 15) is 13.2 Å². The summed E-state index contributed by atoms with van der Waals surface area (Å²) in [6, 6.07) is 12.1. The first kappa shape index (κ1) is 20.0. The van der Waals surface area contributed by atoms with E-state index in [2.05, 4.69) is 11.1 Å². The molecule has 0 saturated carbocycles. The fourth-order valence-corrected chi connectivity index (χ4v) is 6.41. The third-order valence-corrected chi connectivity index (χ3v) is 8.30. The smallest absolute Gasteiger partial charge is 0.266 e. The van der Waals surface area contributed by atoms with Gasteiger partial charge in [-0.15, -0.1) is 0 Å². The maximum atomic E-state index is 13.1. The highest BCUT2D eigenvalue weighted by Crippen LogP contribution is 2.27. The van der Waals surface area contributed by atoms with E-state index in [1.807, 2.05) is 37.6 Å². The number of nitrogens with zero attached hydrogens (tertiary/aromatic N) is 3. The largest absolute Gasteiger partial charge is 0.319 e. The van der Waals surface area contributed by atoms with Gasteiger partial charge >= 0.3 is 0 Å². The number of fused-ring (bicyclic) bond motifs is 1. The Labute approximate surface area is 174 Å². The molecule has 1 aliphatic rings. The Morgan fingerprint density at radius 2 is 1.79 bits per heavy atom. The summed E-state index contributed by atoms with van der Waals surface area (Å²) in [7, 11) is -1.86. The van der Waals surface area contributed by atoms with Crippen molar-refractivity contribution in [1.82, 2.24) is 8.87 Å². The third kappa shape index (κ3) is 3.68. The molecular weight excluding hydrogens is 406 g/mol. The third-order valence-electron chi connectivity index (χ3n) is 5.29. The van der Waals surface area contributed by atoms with Gasteiger partial charge in [-0.25, -0.2) is 8.42 Å². The summed E-state index contributed by atoms with van der Waals surface area (Å²) in [5.74, 6) is -0.405. The molecule has 152 valence electrons. The number of aryl methyl sites for hydroxylation is 3. The maximum Gasteiger partial charge on any atom is 0.266 e. The topological polar surface area (TPSA) is 71.7 Å². The van der Waals surface area contributed by atoms with Crippen LogP contribution in [-0.4, -0.2) is 35.8 Å². The summed E-state index contributed by atoms with van der Waals surface area (Å²) in [4.78, 5) is 18.1. The van der Waals surface area contributed by atoms with Crippen LogP contribution in [0.4, 0.5) is 0 Å². The van der Waals surface area contributed by atoms with E-state index >= 15 is 0 Å². The van der Waals surface area contributed by atoms with Crippen molar-refractivity contribution in [1.29, 1.82) is 0 Å². The minimum absolute atomic E-state index is 0.214. The Hall–Kier alpha value is -2.29. The van der Waals surface area contributed by atoms with Gasteiger partial charge in [0, 0.05) is 13.6 Å². The predicted octanol–water partition coefficient (Wildman–Crippen LogP) is 3.14. The van der Waals surface area contributed by atoms with Crippen molar-refractivity contribution >= 4 is 37.5 Å². The van der Waals surface area contributed by atoms with Gasteiger partial charge in [-0.1, -0.05) is 35.1 Å². The van der Waals surface area contributed by atoms with Gasteiger partial charge in [0.2, 0.25) is 10.0 Å². The van der Waals surface area contributed by atoms with E-state index in [-0.39, 0.29) is 4.90 Å². The number of sulfonamides is 1. The van der Waals surface area contributed by atoms with Gasteiger partial charge in [0.25, 0.3) is 5.91 Å². The second-order valence-corrected chi connectivity index (χ2v) is 10.4. The van der Waals surface area contributed by atoms with Crippen molar-refractivity contribution in [3.8, 4) is 0 Å². The number of hydrogen-bond donors (Lipinski definition) is 0. The summed E-state index contributed by atoms with van der Waals surface area (Å²) >= 11 is 1.44. The Kier molecular flexibility index (Phi) is 5.18. The number of aromatic nitrogens is 1. The summed E-state index contributed by atoms with van der Waals surface area (Å²) < 4.78 is 30.4. The lowest BCUT2D eigenvalue weighted by Crippen LogP contribution is -2.40. The fraction of sp³-hybridized carbons (Fsp3) is 0.333. The molecule has 1 atom stereocenters. The van der Waals surface area contributed by atoms with Crippen LogP contribution in [0.5, 0.6) is 0 Å². The Bertz CT molecular complexity index is 1250. The number of rotatable bonds is 3. The first-order valence-electron chi connectivity index (χ1n) is 9.50. The molecule has 2 aromatic carbocycles. The zero-order valence-corrected chi connectivity index (χ0v) is 18.3. The van der Waals surface area contributed by atoms with Gasteiger partial charge in [-0.05, 0) is 56.5 Å². The van der Waals surface area contributed by atoms with Crippen molar-refractivity contribution in [3.05, 3.63) is 58.4 Å². The Balaban J connectivity index is 1.69. The molecule has 0 radical (unpaired) electrons. The second kappa shape index (κ2) is 7.51. The van der Waals surface area contributed by atoms with Gasteiger partial charge in [0.15, 0.2) is 4.80 Å². The SMILES string of the molecule is Cc1ccc(S(=O)(=O)N2CCCC2C(=O)N=c2sc3cc(C)ccc3n2C)cc1. The fourth-order valence-electron chi connectivity index (χ4n) is 3.64. The second-order valence-electron chi connectivity index (χ2n) is 7.45. The number of amides is 1. The molecule has 0 bridgehead atoms. The van der Waals surface area contributed by atoms with Gasteiger partial charge < -0.3 is 4.57 Å². The molecule has 1 amide bonds. The monoisotopic (exact) mass is 429 g/mol. The molecule has 1 aliphatic heterocycles. The standard InChI is InChI=1S/C21H23N3O3S2/c1-14-6-9-16(10-7-14)29(26,27)24-12-4-5-18(24)20(25)22-21-23(3)17-11-8-15(2)13-19(17)28-21/h6-11,13,18H,4-5,12H2,1-3H3. The van der Waals surface area contributed by atoms with Gasteiger partial charge in [-0.2, -0.15) is 9.30 Å². The molecular formula is C21H23N3O3S2. The zero-order valence-electron chi connectivity index (χ0n) is 16.6. The molecule has 1 unspecified atom stereocenters. The average molecular weight is 430 g/mol. The molecule has 6 nitrogen and oxygen atoms in total. The van der Waals surface area contributed by atoms with E-state index < -0.39 is 22.0 Å². The van der Waals surface area contributed by atoms with Crippen LogP contribution >= 0.6 is 11.3 Å². The van der Waals surface area contributed by atoms with Crippen molar-refractivity contribution in [2.75, 3.05) is 6.54 Å². The first-order valence-corrected chi connectivity index (χ1v) is 11.8. The normalized spacial score (nSPS) is 18.6. The predicted molar refractivity (Wildman–Crippen MR) is 114 cm³/mol. The molecule has 29 heavy (non-hydrogen) atoms. The van der Waals surface area contributed by atoms with E-state index in [1.54, 1.807) is 24.3 Å². The van der Waals surface area contributed by atoms with E-state index in [1.165, 1.54) is 15.6 Å². The van der Waals surface area contributed by atoms with Gasteiger partial charge in [0.1, 0.15) is 6.04 Å². The van der Waals surface area contributed by atoms with Crippen LogP contribution in [0.2, 0.25) is 0 Å².